The third-order valence-corrected chi connectivity index (χ3v) is 3.63. The number of aromatic nitrogens is 3. The third-order valence-electron chi connectivity index (χ3n) is 3.63. The van der Waals surface area contributed by atoms with Gasteiger partial charge in [0.25, 0.3) is 0 Å². The number of ether oxygens (including phenoxy) is 1. The van der Waals surface area contributed by atoms with Gasteiger partial charge in [-0.15, -0.1) is 0 Å². The minimum atomic E-state index is -0.108. The summed E-state index contributed by atoms with van der Waals surface area (Å²) >= 11 is 0. The molecule has 4 rings (SSSR count). The van der Waals surface area contributed by atoms with Crippen molar-refractivity contribution in [3.8, 4) is 17.2 Å². The zero-order chi connectivity index (χ0) is 15.8. The first-order chi connectivity index (χ1) is 11.2. The fraction of sp³-hybridized carbons (Fsp3) is 0.188. The number of anilines is 1. The van der Waals surface area contributed by atoms with Crippen LogP contribution in [0.15, 0.2) is 41.3 Å². The van der Waals surface area contributed by atoms with Gasteiger partial charge in [-0.1, -0.05) is 6.07 Å². The molecular formula is C16H14N4O3. The number of oxazole rings is 1. The van der Waals surface area contributed by atoms with Gasteiger partial charge in [-0.25, -0.2) is 4.98 Å². The molecule has 0 spiro atoms. The Labute approximate surface area is 131 Å². The number of fused-ring (bicyclic) bond motifs is 2. The van der Waals surface area contributed by atoms with E-state index < -0.39 is 0 Å². The first-order valence-corrected chi connectivity index (χ1v) is 7.18. The lowest BCUT2D eigenvalue weighted by Crippen LogP contribution is -2.06. The Balaban J connectivity index is 1.65. The van der Waals surface area contributed by atoms with Gasteiger partial charge >= 0.3 is 0 Å². The predicted molar refractivity (Wildman–Crippen MR) is 81.9 cm³/mol. The van der Waals surface area contributed by atoms with Gasteiger partial charge in [-0.2, -0.15) is 5.10 Å². The van der Waals surface area contributed by atoms with E-state index in [2.05, 4.69) is 15.4 Å². The summed E-state index contributed by atoms with van der Waals surface area (Å²) in [4.78, 5) is 15.1. The van der Waals surface area contributed by atoms with Crippen molar-refractivity contribution < 1.29 is 13.9 Å². The van der Waals surface area contributed by atoms with Gasteiger partial charge in [0.1, 0.15) is 18.1 Å². The Morgan fingerprint density at radius 3 is 3.04 bits per heavy atom. The maximum absolute atomic E-state index is 11.2. The fourth-order valence-electron chi connectivity index (χ4n) is 2.58. The summed E-state index contributed by atoms with van der Waals surface area (Å²) in [7, 11) is 0. The van der Waals surface area contributed by atoms with Crippen LogP contribution in [0.2, 0.25) is 0 Å². The third kappa shape index (κ3) is 2.57. The number of nitrogens with one attached hydrogen (secondary N) is 1. The molecule has 1 amide bonds. The van der Waals surface area contributed by atoms with Gasteiger partial charge in [0.2, 0.25) is 5.91 Å². The molecule has 116 valence electrons. The van der Waals surface area contributed by atoms with Crippen molar-refractivity contribution in [3.05, 3.63) is 48.1 Å². The highest BCUT2D eigenvalue weighted by atomic mass is 16.5. The highest BCUT2D eigenvalue weighted by Crippen LogP contribution is 2.29. The molecule has 0 radical (unpaired) electrons. The minimum Gasteiger partial charge on any atom is -0.487 e. The maximum atomic E-state index is 11.2. The number of benzene rings is 1. The van der Waals surface area contributed by atoms with Crippen LogP contribution >= 0.6 is 0 Å². The van der Waals surface area contributed by atoms with Crippen LogP contribution in [0.4, 0.5) is 5.69 Å². The summed E-state index contributed by atoms with van der Waals surface area (Å²) in [5.41, 5.74) is 3.41. The zero-order valence-corrected chi connectivity index (χ0v) is 12.4. The zero-order valence-electron chi connectivity index (χ0n) is 12.4. The van der Waals surface area contributed by atoms with Gasteiger partial charge in [-0.3, -0.25) is 9.48 Å². The summed E-state index contributed by atoms with van der Waals surface area (Å²) in [6, 6.07) is 7.56. The lowest BCUT2D eigenvalue weighted by molar-refractivity contribution is -0.114. The molecule has 3 aromatic rings. The molecule has 0 unspecified atom stereocenters. The maximum Gasteiger partial charge on any atom is 0.221 e. The van der Waals surface area contributed by atoms with Crippen LogP contribution in [-0.4, -0.2) is 20.7 Å². The lowest BCUT2D eigenvalue weighted by Gasteiger charge is -2.09. The van der Waals surface area contributed by atoms with Gasteiger partial charge in [0, 0.05) is 24.2 Å². The first-order valence-electron chi connectivity index (χ1n) is 7.18. The van der Waals surface area contributed by atoms with E-state index in [0.717, 1.165) is 28.4 Å². The predicted octanol–water partition coefficient (Wildman–Crippen LogP) is 2.44. The summed E-state index contributed by atoms with van der Waals surface area (Å²) in [6.07, 6.45) is 3.02. The van der Waals surface area contributed by atoms with Gasteiger partial charge in [0.15, 0.2) is 12.2 Å². The standard InChI is InChI=1S/C16H14N4O3/c1-10(21)18-12-3-2-11-7-20-13(8-22-15(11)4-12)5-14(19-20)16-6-17-9-23-16/h2-6,9H,7-8H2,1H3,(H,18,21). The second kappa shape index (κ2) is 5.28. The van der Waals surface area contributed by atoms with Gasteiger partial charge in [-0.05, 0) is 12.1 Å². The van der Waals surface area contributed by atoms with Crippen LogP contribution in [0.1, 0.15) is 18.2 Å². The molecule has 0 aliphatic carbocycles. The van der Waals surface area contributed by atoms with E-state index in [1.165, 1.54) is 13.3 Å². The molecule has 23 heavy (non-hydrogen) atoms. The summed E-state index contributed by atoms with van der Waals surface area (Å²) < 4.78 is 13.0. The van der Waals surface area contributed by atoms with Crippen LogP contribution in [-0.2, 0) is 17.9 Å². The van der Waals surface area contributed by atoms with E-state index in [9.17, 15) is 4.79 Å². The summed E-state index contributed by atoms with van der Waals surface area (Å²) in [5, 5.41) is 7.31. The van der Waals surface area contributed by atoms with Crippen LogP contribution in [0.3, 0.4) is 0 Å². The lowest BCUT2D eigenvalue weighted by atomic mass is 10.2. The Kier molecular flexibility index (Phi) is 3.11. The summed E-state index contributed by atoms with van der Waals surface area (Å²) in [6.45, 7) is 2.48. The minimum absolute atomic E-state index is 0.108. The second-order valence-electron chi connectivity index (χ2n) is 5.34. The fourth-order valence-corrected chi connectivity index (χ4v) is 2.58. The van der Waals surface area contributed by atoms with E-state index in [1.54, 1.807) is 6.20 Å². The average Bonchev–Trinajstić information content (AvgIpc) is 3.14. The summed E-state index contributed by atoms with van der Waals surface area (Å²) in [5.74, 6) is 1.28. The van der Waals surface area contributed by atoms with Crippen molar-refractivity contribution in [2.45, 2.75) is 20.1 Å². The van der Waals surface area contributed by atoms with Gasteiger partial charge < -0.3 is 14.5 Å². The van der Waals surface area contributed by atoms with E-state index in [0.29, 0.717) is 18.9 Å². The van der Waals surface area contributed by atoms with Gasteiger partial charge in [0.05, 0.1) is 18.4 Å². The van der Waals surface area contributed by atoms with Crippen molar-refractivity contribution in [1.82, 2.24) is 14.8 Å². The number of nitrogens with zero attached hydrogens (tertiary/aromatic N) is 3. The largest absolute Gasteiger partial charge is 0.487 e. The Bertz CT molecular complexity index is 868. The van der Waals surface area contributed by atoms with Crippen LogP contribution in [0.25, 0.3) is 11.5 Å². The Morgan fingerprint density at radius 2 is 2.26 bits per heavy atom. The molecular weight excluding hydrogens is 296 g/mol. The van der Waals surface area contributed by atoms with E-state index in [1.807, 2.05) is 28.9 Å². The molecule has 2 aromatic heterocycles. The number of amides is 1. The molecule has 0 saturated carbocycles. The van der Waals surface area contributed by atoms with Crippen molar-refractivity contribution in [3.63, 3.8) is 0 Å². The molecule has 1 N–H and O–H groups in total. The molecule has 1 aromatic carbocycles. The monoisotopic (exact) mass is 310 g/mol. The molecule has 0 bridgehead atoms. The van der Waals surface area contributed by atoms with E-state index in [-0.39, 0.29) is 5.91 Å². The van der Waals surface area contributed by atoms with E-state index in [4.69, 9.17) is 9.15 Å². The highest BCUT2D eigenvalue weighted by molar-refractivity contribution is 5.88. The van der Waals surface area contributed by atoms with Crippen LogP contribution in [0.5, 0.6) is 5.75 Å². The Hall–Kier alpha value is -3.09. The Morgan fingerprint density at radius 1 is 1.35 bits per heavy atom. The molecule has 0 fully saturated rings. The number of carbonyl (C=O) groups excluding carboxylic acids is 1. The number of carbonyl (C=O) groups is 1. The smallest absolute Gasteiger partial charge is 0.221 e. The number of hydrogen-bond donors (Lipinski definition) is 1. The molecule has 3 heterocycles. The molecule has 7 nitrogen and oxygen atoms in total. The van der Waals surface area contributed by atoms with Crippen molar-refractivity contribution in [1.29, 1.82) is 0 Å². The molecule has 1 aliphatic rings. The second-order valence-corrected chi connectivity index (χ2v) is 5.34. The normalized spacial score (nSPS) is 12.7. The number of rotatable bonds is 2. The van der Waals surface area contributed by atoms with E-state index >= 15 is 0 Å². The average molecular weight is 310 g/mol. The molecule has 0 saturated heterocycles. The van der Waals surface area contributed by atoms with Crippen molar-refractivity contribution in [2.24, 2.45) is 0 Å². The number of hydrogen-bond acceptors (Lipinski definition) is 5. The quantitative estimate of drug-likeness (QED) is 0.786. The molecule has 1 aliphatic heterocycles. The van der Waals surface area contributed by atoms with Crippen LogP contribution in [0, 0.1) is 0 Å². The first kappa shape index (κ1) is 13.6. The topological polar surface area (TPSA) is 82.2 Å². The van der Waals surface area contributed by atoms with Crippen molar-refractivity contribution in [2.75, 3.05) is 5.32 Å². The molecule has 0 atom stereocenters. The van der Waals surface area contributed by atoms with Crippen molar-refractivity contribution >= 4 is 11.6 Å². The van der Waals surface area contributed by atoms with Crippen LogP contribution < -0.4 is 10.1 Å². The highest BCUT2D eigenvalue weighted by Gasteiger charge is 2.18. The SMILES string of the molecule is CC(=O)Nc1ccc2c(c1)OCc1cc(-c3cnco3)nn1C2. The molecule has 7 heteroatoms.